The highest BCUT2D eigenvalue weighted by molar-refractivity contribution is 7.87. The van der Waals surface area contributed by atoms with Crippen LogP contribution in [0.4, 0.5) is 0 Å². The zero-order valence-corrected chi connectivity index (χ0v) is 13.2. The third-order valence-corrected chi connectivity index (χ3v) is 5.20. The van der Waals surface area contributed by atoms with Crippen LogP contribution in [0.2, 0.25) is 0 Å². The van der Waals surface area contributed by atoms with Crippen LogP contribution in [-0.2, 0) is 14.9 Å². The van der Waals surface area contributed by atoms with Gasteiger partial charge in [-0.3, -0.25) is 4.90 Å². The van der Waals surface area contributed by atoms with Crippen LogP contribution in [0.5, 0.6) is 0 Å². The van der Waals surface area contributed by atoms with Gasteiger partial charge in [0.1, 0.15) is 0 Å². The summed E-state index contributed by atoms with van der Waals surface area (Å²) >= 11 is 0. The molecule has 2 N–H and O–H groups in total. The number of morpholine rings is 1. The van der Waals surface area contributed by atoms with E-state index in [4.69, 9.17) is 4.74 Å². The lowest BCUT2D eigenvalue weighted by Gasteiger charge is -2.34. The van der Waals surface area contributed by atoms with E-state index < -0.39 is 10.2 Å². The van der Waals surface area contributed by atoms with Crippen molar-refractivity contribution in [1.29, 1.82) is 0 Å². The van der Waals surface area contributed by atoms with Gasteiger partial charge < -0.3 is 10.1 Å². The maximum atomic E-state index is 12.2. The summed E-state index contributed by atoms with van der Waals surface area (Å²) in [4.78, 5) is 2.27. The van der Waals surface area contributed by atoms with Crippen molar-refractivity contribution in [3.63, 3.8) is 0 Å². The second-order valence-electron chi connectivity index (χ2n) is 5.57. The van der Waals surface area contributed by atoms with Gasteiger partial charge in [-0.1, -0.05) is 0 Å². The molecule has 0 aliphatic carbocycles. The molecule has 0 bridgehead atoms. The summed E-state index contributed by atoms with van der Waals surface area (Å²) in [5.41, 5.74) is 0. The van der Waals surface area contributed by atoms with Gasteiger partial charge in [0.05, 0.1) is 12.2 Å². The Balaban J connectivity index is 1.78. The summed E-state index contributed by atoms with van der Waals surface area (Å²) in [5.74, 6) is 0. The summed E-state index contributed by atoms with van der Waals surface area (Å²) in [6, 6.07) is 0. The Hall–Kier alpha value is -0.250. The number of hydrogen-bond donors (Lipinski definition) is 2. The number of nitrogens with one attached hydrogen (secondary N) is 2. The lowest BCUT2D eigenvalue weighted by Crippen LogP contribution is -2.53. The van der Waals surface area contributed by atoms with Crippen molar-refractivity contribution in [2.45, 2.75) is 26.1 Å². The monoisotopic (exact) mass is 306 g/mol. The van der Waals surface area contributed by atoms with Gasteiger partial charge >= 0.3 is 0 Å². The van der Waals surface area contributed by atoms with E-state index in [1.807, 2.05) is 13.8 Å². The number of nitrogens with zero attached hydrogens (tertiary/aromatic N) is 2. The van der Waals surface area contributed by atoms with E-state index in [1.165, 1.54) is 4.31 Å². The van der Waals surface area contributed by atoms with Crippen LogP contribution in [0.25, 0.3) is 0 Å². The Morgan fingerprint density at radius 1 is 1.20 bits per heavy atom. The molecule has 2 fully saturated rings. The molecule has 2 atom stereocenters. The second kappa shape index (κ2) is 7.15. The van der Waals surface area contributed by atoms with Crippen molar-refractivity contribution in [3.8, 4) is 0 Å². The lowest BCUT2D eigenvalue weighted by molar-refractivity contribution is -0.0443. The summed E-state index contributed by atoms with van der Waals surface area (Å²) in [6.45, 7) is 9.79. The maximum Gasteiger partial charge on any atom is 0.279 e. The van der Waals surface area contributed by atoms with Crippen molar-refractivity contribution < 1.29 is 13.2 Å². The highest BCUT2D eigenvalue weighted by Crippen LogP contribution is 2.13. The van der Waals surface area contributed by atoms with Crippen LogP contribution in [0.1, 0.15) is 13.8 Å². The zero-order chi connectivity index (χ0) is 14.6. The number of ether oxygens (including phenoxy) is 1. The van der Waals surface area contributed by atoms with Gasteiger partial charge in [-0.05, 0) is 13.8 Å². The molecule has 8 heteroatoms. The van der Waals surface area contributed by atoms with Crippen LogP contribution in [0.3, 0.4) is 0 Å². The fourth-order valence-electron chi connectivity index (χ4n) is 2.69. The molecular formula is C12H26N4O3S. The van der Waals surface area contributed by atoms with Crippen LogP contribution in [0, 0.1) is 0 Å². The van der Waals surface area contributed by atoms with Crippen molar-refractivity contribution in [2.75, 3.05) is 52.4 Å². The molecule has 0 spiro atoms. The lowest BCUT2D eigenvalue weighted by atomic mass is 10.3. The van der Waals surface area contributed by atoms with Crippen LogP contribution in [0.15, 0.2) is 0 Å². The molecule has 118 valence electrons. The molecule has 7 nitrogen and oxygen atoms in total. The largest absolute Gasteiger partial charge is 0.373 e. The molecule has 2 aliphatic rings. The first-order chi connectivity index (χ1) is 9.47. The molecule has 0 radical (unpaired) electrons. The Morgan fingerprint density at radius 2 is 1.80 bits per heavy atom. The van der Waals surface area contributed by atoms with E-state index in [0.717, 1.165) is 32.7 Å². The maximum absolute atomic E-state index is 12.2. The van der Waals surface area contributed by atoms with Gasteiger partial charge in [0, 0.05) is 52.4 Å². The molecule has 20 heavy (non-hydrogen) atoms. The van der Waals surface area contributed by atoms with Crippen LogP contribution in [-0.4, -0.2) is 82.2 Å². The Kier molecular flexibility index (Phi) is 5.76. The number of piperazine rings is 1. The number of hydrogen-bond acceptors (Lipinski definition) is 5. The van der Waals surface area contributed by atoms with Crippen LogP contribution >= 0.6 is 0 Å². The molecule has 2 heterocycles. The Labute approximate surface area is 121 Å². The average Bonchev–Trinajstić information content (AvgIpc) is 2.38. The molecule has 0 amide bonds. The zero-order valence-electron chi connectivity index (χ0n) is 12.3. The minimum absolute atomic E-state index is 0.0523. The van der Waals surface area contributed by atoms with Gasteiger partial charge in [0.2, 0.25) is 0 Å². The van der Waals surface area contributed by atoms with Crippen molar-refractivity contribution in [2.24, 2.45) is 0 Å². The topological polar surface area (TPSA) is 73.9 Å². The summed E-state index contributed by atoms with van der Waals surface area (Å²) in [6.07, 6.45) is -0.105. The first kappa shape index (κ1) is 16.1. The molecular weight excluding hydrogens is 280 g/mol. The third-order valence-electron chi connectivity index (χ3n) is 3.65. The van der Waals surface area contributed by atoms with E-state index in [-0.39, 0.29) is 12.2 Å². The molecule has 2 unspecified atom stereocenters. The Bertz CT molecular complexity index is 388. The third kappa shape index (κ3) is 4.64. The normalized spacial score (nSPS) is 30.5. The molecule has 2 aliphatic heterocycles. The molecule has 2 rings (SSSR count). The average molecular weight is 306 g/mol. The fourth-order valence-corrected chi connectivity index (χ4v) is 4.03. The van der Waals surface area contributed by atoms with E-state index in [1.54, 1.807) is 0 Å². The summed E-state index contributed by atoms with van der Waals surface area (Å²) in [5, 5.41) is 3.28. The second-order valence-corrected chi connectivity index (χ2v) is 7.32. The SMILES string of the molecule is CC1CN(S(=O)(=O)NCCN2CCNCC2)CC(C)O1. The standard InChI is InChI=1S/C12H26N4O3S/c1-11-9-16(10-12(2)19-11)20(17,18)14-5-8-15-6-3-13-4-7-15/h11-14H,3-10H2,1-2H3. The van der Waals surface area contributed by atoms with Gasteiger partial charge in [-0.2, -0.15) is 12.7 Å². The molecule has 0 aromatic carbocycles. The molecule has 0 aromatic rings. The predicted octanol–water partition coefficient (Wildman–Crippen LogP) is -1.16. The molecule has 2 saturated heterocycles. The first-order valence-corrected chi connectivity index (χ1v) is 8.74. The highest BCUT2D eigenvalue weighted by atomic mass is 32.2. The van der Waals surface area contributed by atoms with Gasteiger partial charge in [0.15, 0.2) is 0 Å². The smallest absolute Gasteiger partial charge is 0.279 e. The highest BCUT2D eigenvalue weighted by Gasteiger charge is 2.30. The van der Waals surface area contributed by atoms with Crippen molar-refractivity contribution in [3.05, 3.63) is 0 Å². The summed E-state index contributed by atoms with van der Waals surface area (Å²) < 4.78 is 34.2. The van der Waals surface area contributed by atoms with E-state index in [2.05, 4.69) is 14.9 Å². The van der Waals surface area contributed by atoms with Crippen molar-refractivity contribution >= 4 is 10.2 Å². The molecule has 0 aromatic heterocycles. The quantitative estimate of drug-likeness (QED) is 0.670. The van der Waals surface area contributed by atoms with Gasteiger partial charge in [0.25, 0.3) is 10.2 Å². The predicted molar refractivity (Wildman–Crippen MR) is 77.8 cm³/mol. The van der Waals surface area contributed by atoms with Gasteiger partial charge in [-0.25, -0.2) is 4.72 Å². The van der Waals surface area contributed by atoms with E-state index in [0.29, 0.717) is 19.6 Å². The number of rotatable bonds is 5. The molecule has 0 saturated carbocycles. The van der Waals surface area contributed by atoms with Crippen LogP contribution < -0.4 is 10.0 Å². The van der Waals surface area contributed by atoms with E-state index >= 15 is 0 Å². The fraction of sp³-hybridized carbons (Fsp3) is 1.00. The minimum atomic E-state index is -3.39. The van der Waals surface area contributed by atoms with Crippen molar-refractivity contribution in [1.82, 2.24) is 19.2 Å². The minimum Gasteiger partial charge on any atom is -0.373 e. The van der Waals surface area contributed by atoms with Gasteiger partial charge in [-0.15, -0.1) is 0 Å². The van der Waals surface area contributed by atoms with E-state index in [9.17, 15) is 8.42 Å². The summed E-state index contributed by atoms with van der Waals surface area (Å²) in [7, 11) is -3.39. The Morgan fingerprint density at radius 3 is 2.40 bits per heavy atom. The first-order valence-electron chi connectivity index (χ1n) is 7.30.